The first-order valence-corrected chi connectivity index (χ1v) is 9.00. The Balaban J connectivity index is 0.00000243. The molecular formula is C19H23ClN4OS. The van der Waals surface area contributed by atoms with Crippen LogP contribution in [0, 0.1) is 0 Å². The second-order valence-electron chi connectivity index (χ2n) is 5.79. The summed E-state index contributed by atoms with van der Waals surface area (Å²) in [6.07, 6.45) is 4.61. The Morgan fingerprint density at radius 3 is 2.50 bits per heavy atom. The van der Waals surface area contributed by atoms with E-state index < -0.39 is 0 Å². The minimum absolute atomic E-state index is 0. The summed E-state index contributed by atoms with van der Waals surface area (Å²) in [5, 5.41) is 0.615. The molecule has 5 nitrogen and oxygen atoms in total. The number of halogens is 1. The van der Waals surface area contributed by atoms with Gasteiger partial charge in [-0.05, 0) is 29.8 Å². The van der Waals surface area contributed by atoms with Crippen LogP contribution in [0.3, 0.4) is 0 Å². The fourth-order valence-corrected chi connectivity index (χ4v) is 3.36. The molecule has 0 aliphatic heterocycles. The summed E-state index contributed by atoms with van der Waals surface area (Å²) in [7, 11) is 1.68. The highest BCUT2D eigenvalue weighted by molar-refractivity contribution is 7.15. The molecule has 0 saturated carbocycles. The van der Waals surface area contributed by atoms with Gasteiger partial charge in [0.05, 0.1) is 7.11 Å². The normalized spacial score (nSPS) is 10.5. The first-order valence-electron chi connectivity index (χ1n) is 8.18. The van der Waals surface area contributed by atoms with Gasteiger partial charge in [-0.2, -0.15) is 0 Å². The van der Waals surface area contributed by atoms with Gasteiger partial charge in [0, 0.05) is 49.0 Å². The number of hydrogen-bond donors (Lipinski definition) is 1. The van der Waals surface area contributed by atoms with E-state index in [9.17, 15) is 0 Å². The Hall–Kier alpha value is -2.15. The second kappa shape index (κ2) is 10.1. The number of rotatable bonds is 8. The molecule has 2 N–H and O–H groups in total. The lowest BCUT2D eigenvalue weighted by Gasteiger charge is -2.21. The summed E-state index contributed by atoms with van der Waals surface area (Å²) < 4.78 is 5.24. The van der Waals surface area contributed by atoms with Crippen LogP contribution >= 0.6 is 23.7 Å². The number of anilines is 1. The van der Waals surface area contributed by atoms with Gasteiger partial charge >= 0.3 is 0 Å². The molecule has 3 aromatic rings. The van der Waals surface area contributed by atoms with Gasteiger partial charge in [0.25, 0.3) is 0 Å². The zero-order valence-corrected chi connectivity index (χ0v) is 16.3. The van der Waals surface area contributed by atoms with Gasteiger partial charge in [-0.15, -0.1) is 23.7 Å². The fraction of sp³-hybridized carbons (Fsp3) is 0.263. The number of methoxy groups -OCH3 is 1. The maximum absolute atomic E-state index is 5.77. The standard InChI is InChI=1S/C19H22N4OS.ClH/c1-24-17-7-5-15(6-8-17)13-23(14-18-12-22-19(20)25-18)11-9-16-4-2-3-10-21-16;/h2-8,10,12H,9,11,13-14H2,1H3,(H2,20,22);1H. The van der Waals surface area contributed by atoms with Gasteiger partial charge in [-0.25, -0.2) is 4.98 Å². The molecule has 7 heteroatoms. The van der Waals surface area contributed by atoms with Crippen LogP contribution < -0.4 is 10.5 Å². The predicted molar refractivity (Wildman–Crippen MR) is 109 cm³/mol. The van der Waals surface area contributed by atoms with Crippen LogP contribution in [0.2, 0.25) is 0 Å². The molecule has 0 radical (unpaired) electrons. The van der Waals surface area contributed by atoms with E-state index >= 15 is 0 Å². The number of hydrogen-bond acceptors (Lipinski definition) is 6. The average Bonchev–Trinajstić information content (AvgIpc) is 3.06. The first-order chi connectivity index (χ1) is 12.2. The van der Waals surface area contributed by atoms with Gasteiger partial charge in [0.2, 0.25) is 0 Å². The summed E-state index contributed by atoms with van der Waals surface area (Å²) >= 11 is 1.54. The quantitative estimate of drug-likeness (QED) is 0.633. The molecular weight excluding hydrogens is 368 g/mol. The van der Waals surface area contributed by atoms with Crippen molar-refractivity contribution in [3.8, 4) is 5.75 Å². The Morgan fingerprint density at radius 2 is 1.88 bits per heavy atom. The molecule has 0 spiro atoms. The van der Waals surface area contributed by atoms with E-state index in [0.29, 0.717) is 5.13 Å². The average molecular weight is 391 g/mol. The van der Waals surface area contributed by atoms with Gasteiger partial charge < -0.3 is 10.5 Å². The van der Waals surface area contributed by atoms with E-state index in [1.807, 2.05) is 36.7 Å². The van der Waals surface area contributed by atoms with Crippen LogP contribution in [0.5, 0.6) is 5.75 Å². The van der Waals surface area contributed by atoms with Crippen molar-refractivity contribution in [3.05, 3.63) is 71.0 Å². The number of nitrogen functional groups attached to an aromatic ring is 1. The summed E-state index contributed by atoms with van der Waals surface area (Å²) in [6, 6.07) is 14.2. The molecule has 0 aliphatic carbocycles. The number of ether oxygens (including phenoxy) is 1. The van der Waals surface area contributed by atoms with E-state index in [0.717, 1.165) is 37.5 Å². The van der Waals surface area contributed by atoms with Crippen LogP contribution in [0.25, 0.3) is 0 Å². The van der Waals surface area contributed by atoms with Crippen molar-refractivity contribution >= 4 is 28.9 Å². The second-order valence-corrected chi connectivity index (χ2v) is 6.94. The lowest BCUT2D eigenvalue weighted by Crippen LogP contribution is -2.25. The monoisotopic (exact) mass is 390 g/mol. The number of pyridine rings is 1. The van der Waals surface area contributed by atoms with Crippen molar-refractivity contribution in [3.63, 3.8) is 0 Å². The Kier molecular flexibility index (Phi) is 7.84. The van der Waals surface area contributed by atoms with E-state index in [4.69, 9.17) is 10.5 Å². The Bertz CT molecular complexity index is 780. The summed E-state index contributed by atoms with van der Waals surface area (Å²) in [4.78, 5) is 12.1. The fourth-order valence-electron chi connectivity index (χ4n) is 2.64. The van der Waals surface area contributed by atoms with E-state index in [2.05, 4.69) is 33.1 Å². The van der Waals surface area contributed by atoms with Crippen LogP contribution in [0.4, 0.5) is 5.13 Å². The zero-order chi connectivity index (χ0) is 17.5. The summed E-state index contributed by atoms with van der Waals surface area (Å²) in [5.41, 5.74) is 8.12. The number of thiazole rings is 1. The highest BCUT2D eigenvalue weighted by atomic mass is 35.5. The highest BCUT2D eigenvalue weighted by Crippen LogP contribution is 2.19. The van der Waals surface area contributed by atoms with Crippen LogP contribution in [0.1, 0.15) is 16.1 Å². The molecule has 0 unspecified atom stereocenters. The van der Waals surface area contributed by atoms with Crippen LogP contribution in [0.15, 0.2) is 54.9 Å². The molecule has 1 aromatic carbocycles. The molecule has 0 amide bonds. The highest BCUT2D eigenvalue weighted by Gasteiger charge is 2.10. The number of nitrogens with two attached hydrogens (primary N) is 1. The minimum atomic E-state index is 0. The largest absolute Gasteiger partial charge is 0.497 e. The summed E-state index contributed by atoms with van der Waals surface area (Å²) in [6.45, 7) is 2.60. The summed E-state index contributed by atoms with van der Waals surface area (Å²) in [5.74, 6) is 0.874. The van der Waals surface area contributed by atoms with E-state index in [1.54, 1.807) is 18.4 Å². The van der Waals surface area contributed by atoms with Crippen molar-refractivity contribution in [1.82, 2.24) is 14.9 Å². The van der Waals surface area contributed by atoms with Gasteiger partial charge in [0.15, 0.2) is 5.13 Å². The number of benzene rings is 1. The molecule has 0 bridgehead atoms. The van der Waals surface area contributed by atoms with Crippen molar-refractivity contribution < 1.29 is 4.74 Å². The molecule has 26 heavy (non-hydrogen) atoms. The molecule has 2 aromatic heterocycles. The molecule has 0 fully saturated rings. The number of nitrogens with zero attached hydrogens (tertiary/aromatic N) is 3. The van der Waals surface area contributed by atoms with Crippen molar-refractivity contribution in [1.29, 1.82) is 0 Å². The van der Waals surface area contributed by atoms with Gasteiger partial charge in [-0.3, -0.25) is 9.88 Å². The Morgan fingerprint density at radius 1 is 1.08 bits per heavy atom. The van der Waals surface area contributed by atoms with Crippen molar-refractivity contribution in [2.75, 3.05) is 19.4 Å². The molecule has 0 saturated heterocycles. The van der Waals surface area contributed by atoms with Gasteiger partial charge in [-0.1, -0.05) is 18.2 Å². The third-order valence-electron chi connectivity index (χ3n) is 3.93. The molecule has 138 valence electrons. The number of aromatic nitrogens is 2. The third kappa shape index (κ3) is 5.98. The van der Waals surface area contributed by atoms with E-state index in [-0.39, 0.29) is 12.4 Å². The minimum Gasteiger partial charge on any atom is -0.497 e. The Labute approximate surface area is 164 Å². The maximum atomic E-state index is 5.77. The van der Waals surface area contributed by atoms with E-state index in [1.165, 1.54) is 10.4 Å². The lowest BCUT2D eigenvalue weighted by molar-refractivity contribution is 0.261. The topological polar surface area (TPSA) is 64.3 Å². The predicted octanol–water partition coefficient (Wildman–Crippen LogP) is 3.80. The molecule has 0 atom stereocenters. The van der Waals surface area contributed by atoms with Crippen LogP contribution in [-0.2, 0) is 19.5 Å². The third-order valence-corrected chi connectivity index (χ3v) is 4.74. The van der Waals surface area contributed by atoms with Crippen molar-refractivity contribution in [2.24, 2.45) is 0 Å². The molecule has 2 heterocycles. The van der Waals surface area contributed by atoms with Crippen LogP contribution in [-0.4, -0.2) is 28.5 Å². The molecule has 0 aliphatic rings. The lowest BCUT2D eigenvalue weighted by atomic mass is 10.2. The van der Waals surface area contributed by atoms with Gasteiger partial charge in [0.1, 0.15) is 5.75 Å². The maximum Gasteiger partial charge on any atom is 0.180 e. The molecule has 3 rings (SSSR count). The first kappa shape index (κ1) is 20.2. The smallest absolute Gasteiger partial charge is 0.180 e. The van der Waals surface area contributed by atoms with Crippen molar-refractivity contribution in [2.45, 2.75) is 19.5 Å². The zero-order valence-electron chi connectivity index (χ0n) is 14.7. The SMILES string of the molecule is COc1ccc(CN(CCc2ccccn2)Cc2cnc(N)s2)cc1.Cl.